The van der Waals surface area contributed by atoms with E-state index in [1.165, 1.54) is 26.0 Å². The van der Waals surface area contributed by atoms with Crippen molar-refractivity contribution in [3.8, 4) is 11.5 Å². The minimum Gasteiger partial charge on any atom is -0.504 e. The van der Waals surface area contributed by atoms with E-state index in [4.69, 9.17) is 14.9 Å². The van der Waals surface area contributed by atoms with Gasteiger partial charge in [0.2, 0.25) is 5.91 Å². The van der Waals surface area contributed by atoms with Gasteiger partial charge in [0.05, 0.1) is 19.8 Å². The molecule has 0 aromatic heterocycles. The highest BCUT2D eigenvalue weighted by atomic mass is 16.5. The SMILES string of the molecule is COc1ccc(/C=C/C(=O)N[C@H]2CCC34CC35CC[C@]3(C)[C@@H](C(C)N(C)C)[C@H](O)C[C@@]3(C)[C@@H]5CCC4[C@]2(C)CO)cc1O.O=C(O)/C=C/C(=O)O. The highest BCUT2D eigenvalue weighted by Crippen LogP contribution is 2.89. The Morgan fingerprint density at radius 2 is 1.59 bits per heavy atom. The van der Waals surface area contributed by atoms with Gasteiger partial charge >= 0.3 is 11.9 Å². The number of fused-ring (bicyclic) bond motifs is 2. The molecule has 0 radical (unpaired) electrons. The van der Waals surface area contributed by atoms with Crippen molar-refractivity contribution in [3.63, 3.8) is 0 Å². The highest BCUT2D eigenvalue weighted by molar-refractivity contribution is 5.92. The van der Waals surface area contributed by atoms with Crippen molar-refractivity contribution in [2.45, 2.75) is 97.2 Å². The average Bonchev–Trinajstić information content (AvgIpc) is 3.68. The first-order valence-corrected chi connectivity index (χ1v) is 18.3. The molecule has 4 unspecified atom stereocenters. The molecule has 11 nitrogen and oxygen atoms in total. The van der Waals surface area contributed by atoms with Crippen LogP contribution in [0.3, 0.4) is 0 Å². The molecule has 5 saturated carbocycles. The molecule has 0 saturated heterocycles. The number of phenols is 1. The third-order valence-corrected chi connectivity index (χ3v) is 15.0. The summed E-state index contributed by atoms with van der Waals surface area (Å²) in [7, 11) is 5.80. The first kappa shape index (κ1) is 38.8. The van der Waals surface area contributed by atoms with Crippen molar-refractivity contribution in [2.24, 2.45) is 44.8 Å². The molecular weight excluding hydrogens is 652 g/mol. The van der Waals surface area contributed by atoms with Crippen molar-refractivity contribution in [3.05, 3.63) is 42.0 Å². The van der Waals surface area contributed by atoms with Crippen LogP contribution in [-0.2, 0) is 14.4 Å². The fraction of sp³-hybridized carbons (Fsp3) is 0.675. The molecule has 1 aromatic rings. The van der Waals surface area contributed by atoms with Gasteiger partial charge in [-0.3, -0.25) is 4.79 Å². The number of aromatic hydroxyl groups is 1. The van der Waals surface area contributed by atoms with Crippen molar-refractivity contribution < 1.29 is 44.7 Å². The molecule has 5 fully saturated rings. The van der Waals surface area contributed by atoms with Gasteiger partial charge in [-0.25, -0.2) is 9.59 Å². The van der Waals surface area contributed by atoms with Gasteiger partial charge in [-0.15, -0.1) is 0 Å². The van der Waals surface area contributed by atoms with E-state index < -0.39 is 11.9 Å². The van der Waals surface area contributed by atoms with E-state index in [9.17, 15) is 29.7 Å². The summed E-state index contributed by atoms with van der Waals surface area (Å²) in [6.45, 7) is 9.58. The Bertz CT molecular complexity index is 1560. The summed E-state index contributed by atoms with van der Waals surface area (Å²) in [5.41, 5.74) is 1.08. The second kappa shape index (κ2) is 13.9. The number of ether oxygens (including phenoxy) is 1. The second-order valence-corrected chi connectivity index (χ2v) is 17.0. The number of carboxylic acid groups (broad SMARTS) is 2. The maximum Gasteiger partial charge on any atom is 0.328 e. The molecule has 0 aliphatic heterocycles. The Morgan fingerprint density at radius 1 is 0.961 bits per heavy atom. The van der Waals surface area contributed by atoms with Gasteiger partial charge in [-0.2, -0.15) is 0 Å². The fourth-order valence-electron chi connectivity index (χ4n) is 12.3. The number of nitrogens with zero attached hydrogens (tertiary/aromatic N) is 1. The standard InChI is InChI=1S/C36H54N2O5.C4H4O4/c1-22(38(5)6)31-25(41)19-34(4)28-12-11-27-32(2,21-39)29(14-15-35(27)20-36(28,35)17-16-33(31,34)3)37-30(42)13-9-23-8-10-26(43-7)24(40)18-23;5-3(6)1-2-4(7)8/h8-10,13,18,22,25,27-29,31,39-41H,11-12,14-17,19-21H2,1-7H3,(H,37,42);1-2H,(H,5,6)(H,7,8)/b13-9+;2-1+/t22?,25-,27?,28+,29+,31+,32+,33-,34+,35?,36?;/m1./s1. The molecule has 0 heterocycles. The van der Waals surface area contributed by atoms with E-state index in [-0.39, 0.29) is 58.0 Å². The van der Waals surface area contributed by atoms with Crippen LogP contribution in [0.25, 0.3) is 6.08 Å². The summed E-state index contributed by atoms with van der Waals surface area (Å²) in [6, 6.07) is 5.31. The molecule has 11 atom stereocenters. The summed E-state index contributed by atoms with van der Waals surface area (Å²) in [5, 5.41) is 51.5. The molecule has 1 amide bonds. The monoisotopic (exact) mass is 710 g/mol. The van der Waals surface area contributed by atoms with Crippen LogP contribution in [0.15, 0.2) is 36.4 Å². The second-order valence-electron chi connectivity index (χ2n) is 17.0. The van der Waals surface area contributed by atoms with Crippen LogP contribution in [0.4, 0.5) is 0 Å². The number of hydrogen-bond acceptors (Lipinski definition) is 8. The Morgan fingerprint density at radius 3 is 2.16 bits per heavy atom. The summed E-state index contributed by atoms with van der Waals surface area (Å²) < 4.78 is 5.12. The number of carbonyl (C=O) groups is 3. The third kappa shape index (κ3) is 6.27. The summed E-state index contributed by atoms with van der Waals surface area (Å²) in [6.07, 6.45) is 12.8. The number of aliphatic carboxylic acids is 2. The molecule has 11 heteroatoms. The van der Waals surface area contributed by atoms with Gasteiger partial charge in [0.1, 0.15) is 0 Å². The van der Waals surface area contributed by atoms with Crippen LogP contribution in [0, 0.1) is 44.8 Å². The number of amides is 1. The van der Waals surface area contributed by atoms with Crippen LogP contribution < -0.4 is 10.1 Å². The molecule has 1 aromatic carbocycles. The molecule has 0 bridgehead atoms. The highest BCUT2D eigenvalue weighted by Gasteiger charge is 2.83. The first-order valence-electron chi connectivity index (χ1n) is 18.3. The zero-order valence-corrected chi connectivity index (χ0v) is 31.2. The molecule has 51 heavy (non-hydrogen) atoms. The van der Waals surface area contributed by atoms with E-state index in [1.807, 2.05) is 0 Å². The molecular formula is C40H58N2O9. The van der Waals surface area contributed by atoms with Gasteiger partial charge in [-0.1, -0.05) is 26.8 Å². The Kier molecular flexibility index (Phi) is 10.5. The number of hydrogen-bond donors (Lipinski definition) is 6. The normalized spacial score (nSPS) is 39.9. The number of carbonyl (C=O) groups excluding carboxylic acids is 1. The molecule has 6 N–H and O–H groups in total. The smallest absolute Gasteiger partial charge is 0.328 e. The quantitative estimate of drug-likeness (QED) is 0.193. The topological polar surface area (TPSA) is 177 Å². The number of rotatable bonds is 9. The van der Waals surface area contributed by atoms with Crippen LogP contribution >= 0.6 is 0 Å². The molecule has 5 aliphatic carbocycles. The van der Waals surface area contributed by atoms with Gasteiger partial charge in [0.25, 0.3) is 0 Å². The Hall–Kier alpha value is -3.41. The number of methoxy groups -OCH3 is 1. The summed E-state index contributed by atoms with van der Waals surface area (Å²) in [5.74, 6) is -0.998. The lowest BCUT2D eigenvalue weighted by Gasteiger charge is -2.63. The van der Waals surface area contributed by atoms with E-state index in [0.29, 0.717) is 41.2 Å². The third-order valence-electron chi connectivity index (χ3n) is 15.0. The number of benzene rings is 1. The van der Waals surface area contributed by atoms with Gasteiger partial charge in [0.15, 0.2) is 11.5 Å². The van der Waals surface area contributed by atoms with Crippen LogP contribution in [0.1, 0.15) is 84.6 Å². The maximum absolute atomic E-state index is 13.1. The van der Waals surface area contributed by atoms with Crippen molar-refractivity contribution in [1.82, 2.24) is 10.2 Å². The minimum atomic E-state index is -1.26. The predicted octanol–water partition coefficient (Wildman–Crippen LogP) is 4.94. The molecule has 282 valence electrons. The molecule has 5 aliphatic rings. The summed E-state index contributed by atoms with van der Waals surface area (Å²) in [4.78, 5) is 34.5. The lowest BCUT2D eigenvalue weighted by atomic mass is 9.41. The van der Waals surface area contributed by atoms with E-state index >= 15 is 0 Å². The van der Waals surface area contributed by atoms with Crippen LogP contribution in [-0.4, -0.2) is 94.3 Å². The average molecular weight is 711 g/mol. The van der Waals surface area contributed by atoms with Crippen LogP contribution in [0.2, 0.25) is 0 Å². The number of aliphatic hydroxyl groups is 2. The lowest BCUT2D eigenvalue weighted by molar-refractivity contribution is -0.156. The molecule has 2 spiro atoms. The van der Waals surface area contributed by atoms with Gasteiger partial charge < -0.3 is 40.5 Å². The van der Waals surface area contributed by atoms with E-state index in [0.717, 1.165) is 44.1 Å². The van der Waals surface area contributed by atoms with E-state index in [1.54, 1.807) is 24.3 Å². The van der Waals surface area contributed by atoms with E-state index in [2.05, 4.69) is 52.0 Å². The fourth-order valence-corrected chi connectivity index (χ4v) is 12.3. The zero-order valence-electron chi connectivity index (χ0n) is 31.2. The van der Waals surface area contributed by atoms with Crippen LogP contribution in [0.5, 0.6) is 11.5 Å². The predicted molar refractivity (Wildman–Crippen MR) is 193 cm³/mol. The Labute approximate surface area is 301 Å². The van der Waals surface area contributed by atoms with Crippen molar-refractivity contribution in [2.75, 3.05) is 27.8 Å². The van der Waals surface area contributed by atoms with Crippen molar-refractivity contribution in [1.29, 1.82) is 0 Å². The largest absolute Gasteiger partial charge is 0.504 e. The minimum absolute atomic E-state index is 0.0381. The molecule has 6 rings (SSSR count). The Balaban J connectivity index is 0.000000565. The number of nitrogens with one attached hydrogen (secondary N) is 1. The number of phenolic OH excluding ortho intramolecular Hbond substituents is 1. The van der Waals surface area contributed by atoms with Crippen molar-refractivity contribution >= 4 is 23.9 Å². The van der Waals surface area contributed by atoms with Gasteiger partial charge in [-0.05, 0) is 130 Å². The number of carboxylic acids is 2. The summed E-state index contributed by atoms with van der Waals surface area (Å²) >= 11 is 0. The maximum atomic E-state index is 13.1. The number of aliphatic hydroxyl groups excluding tert-OH is 2. The first-order chi connectivity index (χ1) is 23.9. The zero-order chi connectivity index (χ0) is 37.7. The van der Waals surface area contributed by atoms with Gasteiger partial charge in [0, 0.05) is 41.6 Å². The lowest BCUT2D eigenvalue weighted by Crippen LogP contribution is -2.62.